The number of benzene rings is 2. The minimum Gasteiger partial charge on any atom is -0.495 e. The lowest BCUT2D eigenvalue weighted by Gasteiger charge is -2.15. The van der Waals surface area contributed by atoms with Gasteiger partial charge in [0.25, 0.3) is 5.91 Å². The standard InChI is InChI=1S/C20H25NO3/c1-13(2)16-8-6-15(4)11-19(16)24-12-20(22)21-17-10-14(3)7-9-18(17)23-5/h6-11,13H,12H2,1-5H3,(H,21,22). The quantitative estimate of drug-likeness (QED) is 0.852. The van der Waals surface area contributed by atoms with Crippen LogP contribution in [0.1, 0.15) is 36.5 Å². The summed E-state index contributed by atoms with van der Waals surface area (Å²) in [6, 6.07) is 11.7. The number of nitrogens with one attached hydrogen (secondary N) is 1. The summed E-state index contributed by atoms with van der Waals surface area (Å²) in [5.41, 5.74) is 3.91. The molecule has 24 heavy (non-hydrogen) atoms. The summed E-state index contributed by atoms with van der Waals surface area (Å²) in [5.74, 6) is 1.51. The Morgan fingerprint density at radius 3 is 2.38 bits per heavy atom. The zero-order chi connectivity index (χ0) is 17.7. The third-order valence-electron chi connectivity index (χ3n) is 3.78. The predicted molar refractivity (Wildman–Crippen MR) is 97.1 cm³/mol. The van der Waals surface area contributed by atoms with Crippen LogP contribution in [0.4, 0.5) is 5.69 Å². The van der Waals surface area contributed by atoms with Crippen molar-refractivity contribution in [3.8, 4) is 11.5 Å². The Kier molecular flexibility index (Phi) is 5.85. The molecule has 0 saturated heterocycles. The van der Waals surface area contributed by atoms with Crippen molar-refractivity contribution in [2.24, 2.45) is 0 Å². The Hall–Kier alpha value is -2.49. The first-order valence-electron chi connectivity index (χ1n) is 8.08. The molecule has 0 spiro atoms. The van der Waals surface area contributed by atoms with Crippen LogP contribution in [0.15, 0.2) is 36.4 Å². The van der Waals surface area contributed by atoms with Gasteiger partial charge in [0, 0.05) is 0 Å². The maximum atomic E-state index is 12.2. The Balaban J connectivity index is 2.07. The van der Waals surface area contributed by atoms with Crippen molar-refractivity contribution in [1.29, 1.82) is 0 Å². The van der Waals surface area contributed by atoms with Crippen molar-refractivity contribution < 1.29 is 14.3 Å². The molecule has 2 aromatic carbocycles. The van der Waals surface area contributed by atoms with Crippen molar-refractivity contribution in [3.05, 3.63) is 53.1 Å². The van der Waals surface area contributed by atoms with E-state index in [2.05, 4.69) is 31.3 Å². The number of carbonyl (C=O) groups excluding carboxylic acids is 1. The van der Waals surface area contributed by atoms with Crippen molar-refractivity contribution in [1.82, 2.24) is 0 Å². The molecule has 4 heteroatoms. The number of carbonyl (C=O) groups is 1. The largest absolute Gasteiger partial charge is 0.495 e. The molecule has 0 fully saturated rings. The Morgan fingerprint density at radius 2 is 1.71 bits per heavy atom. The second-order valence-corrected chi connectivity index (χ2v) is 6.24. The van der Waals surface area contributed by atoms with Gasteiger partial charge in [-0.15, -0.1) is 0 Å². The molecule has 4 nitrogen and oxygen atoms in total. The van der Waals surface area contributed by atoms with E-state index >= 15 is 0 Å². The van der Waals surface area contributed by atoms with E-state index in [-0.39, 0.29) is 12.5 Å². The van der Waals surface area contributed by atoms with Gasteiger partial charge in [0.15, 0.2) is 6.61 Å². The second-order valence-electron chi connectivity index (χ2n) is 6.24. The van der Waals surface area contributed by atoms with E-state index < -0.39 is 0 Å². The molecule has 0 saturated carbocycles. The highest BCUT2D eigenvalue weighted by Crippen LogP contribution is 2.28. The molecule has 0 aliphatic rings. The molecule has 2 rings (SSSR count). The maximum Gasteiger partial charge on any atom is 0.262 e. The Labute approximate surface area is 143 Å². The fourth-order valence-electron chi connectivity index (χ4n) is 2.49. The summed E-state index contributed by atoms with van der Waals surface area (Å²) in [6.45, 7) is 8.15. The smallest absolute Gasteiger partial charge is 0.262 e. The number of anilines is 1. The first-order valence-corrected chi connectivity index (χ1v) is 8.08. The fourth-order valence-corrected chi connectivity index (χ4v) is 2.49. The molecule has 2 aromatic rings. The van der Waals surface area contributed by atoms with Crippen molar-refractivity contribution in [3.63, 3.8) is 0 Å². The minimum atomic E-state index is -0.213. The number of hydrogen-bond acceptors (Lipinski definition) is 3. The van der Waals surface area contributed by atoms with Gasteiger partial charge in [-0.25, -0.2) is 0 Å². The van der Waals surface area contributed by atoms with Crippen molar-refractivity contribution >= 4 is 11.6 Å². The maximum absolute atomic E-state index is 12.2. The van der Waals surface area contributed by atoms with Gasteiger partial charge < -0.3 is 14.8 Å². The van der Waals surface area contributed by atoms with E-state index in [9.17, 15) is 4.79 Å². The number of aryl methyl sites for hydroxylation is 2. The highest BCUT2D eigenvalue weighted by atomic mass is 16.5. The van der Waals surface area contributed by atoms with Crippen LogP contribution in [-0.2, 0) is 4.79 Å². The summed E-state index contributed by atoms with van der Waals surface area (Å²) in [7, 11) is 1.58. The molecule has 0 aromatic heterocycles. The van der Waals surface area contributed by atoms with E-state index in [4.69, 9.17) is 9.47 Å². The van der Waals surface area contributed by atoms with Crippen LogP contribution in [0.3, 0.4) is 0 Å². The average molecular weight is 327 g/mol. The van der Waals surface area contributed by atoms with Crippen LogP contribution in [0.25, 0.3) is 0 Å². The Bertz CT molecular complexity index is 723. The molecule has 0 radical (unpaired) electrons. The molecule has 0 heterocycles. The van der Waals surface area contributed by atoms with Crippen LogP contribution in [0, 0.1) is 13.8 Å². The zero-order valence-corrected chi connectivity index (χ0v) is 15.0. The highest BCUT2D eigenvalue weighted by Gasteiger charge is 2.12. The third-order valence-corrected chi connectivity index (χ3v) is 3.78. The zero-order valence-electron chi connectivity index (χ0n) is 15.0. The Morgan fingerprint density at radius 1 is 1.04 bits per heavy atom. The highest BCUT2D eigenvalue weighted by molar-refractivity contribution is 5.93. The summed E-state index contributed by atoms with van der Waals surface area (Å²) in [6.07, 6.45) is 0. The van der Waals surface area contributed by atoms with Crippen LogP contribution >= 0.6 is 0 Å². The SMILES string of the molecule is COc1ccc(C)cc1NC(=O)COc1cc(C)ccc1C(C)C. The predicted octanol–water partition coefficient (Wildman–Crippen LogP) is 4.45. The lowest BCUT2D eigenvalue weighted by molar-refractivity contribution is -0.118. The third kappa shape index (κ3) is 4.51. The lowest BCUT2D eigenvalue weighted by Crippen LogP contribution is -2.21. The molecule has 128 valence electrons. The fraction of sp³-hybridized carbons (Fsp3) is 0.350. The van der Waals surface area contributed by atoms with Crippen LogP contribution in [-0.4, -0.2) is 19.6 Å². The molecule has 0 unspecified atom stereocenters. The average Bonchev–Trinajstić information content (AvgIpc) is 2.53. The van der Waals surface area contributed by atoms with Gasteiger partial charge in [0.2, 0.25) is 0 Å². The number of methoxy groups -OCH3 is 1. The first-order chi connectivity index (χ1) is 11.4. The van der Waals surface area contributed by atoms with Gasteiger partial charge in [0.05, 0.1) is 12.8 Å². The van der Waals surface area contributed by atoms with Gasteiger partial charge in [0.1, 0.15) is 11.5 Å². The number of hydrogen-bond donors (Lipinski definition) is 1. The summed E-state index contributed by atoms with van der Waals surface area (Å²) < 4.78 is 11.0. The molecule has 0 atom stereocenters. The normalized spacial score (nSPS) is 10.6. The molecule has 1 N–H and O–H groups in total. The number of rotatable bonds is 6. The molecule has 1 amide bonds. The van der Waals surface area contributed by atoms with Gasteiger partial charge in [-0.3, -0.25) is 4.79 Å². The molecular formula is C20H25NO3. The van der Waals surface area contributed by atoms with Crippen molar-refractivity contribution in [2.45, 2.75) is 33.6 Å². The summed E-state index contributed by atoms with van der Waals surface area (Å²) in [4.78, 5) is 12.2. The molecule has 0 bridgehead atoms. The molecule has 0 aliphatic heterocycles. The molecule has 0 aliphatic carbocycles. The first kappa shape index (κ1) is 17.9. The summed E-state index contributed by atoms with van der Waals surface area (Å²) in [5, 5.41) is 2.85. The van der Waals surface area contributed by atoms with Crippen LogP contribution < -0.4 is 14.8 Å². The molecular weight excluding hydrogens is 302 g/mol. The topological polar surface area (TPSA) is 47.6 Å². The lowest BCUT2D eigenvalue weighted by atomic mass is 10.0. The van der Waals surface area contributed by atoms with Crippen LogP contribution in [0.2, 0.25) is 0 Å². The van der Waals surface area contributed by atoms with Crippen molar-refractivity contribution in [2.75, 3.05) is 19.0 Å². The van der Waals surface area contributed by atoms with Gasteiger partial charge in [-0.05, 0) is 54.7 Å². The number of amides is 1. The van der Waals surface area contributed by atoms with E-state index in [1.54, 1.807) is 7.11 Å². The van der Waals surface area contributed by atoms with Gasteiger partial charge in [-0.1, -0.05) is 32.0 Å². The summed E-state index contributed by atoms with van der Waals surface area (Å²) >= 11 is 0. The van der Waals surface area contributed by atoms with Gasteiger partial charge in [-0.2, -0.15) is 0 Å². The number of ether oxygens (including phenoxy) is 2. The van der Waals surface area contributed by atoms with E-state index in [0.717, 1.165) is 22.4 Å². The van der Waals surface area contributed by atoms with E-state index in [0.29, 0.717) is 17.4 Å². The van der Waals surface area contributed by atoms with Gasteiger partial charge >= 0.3 is 0 Å². The van der Waals surface area contributed by atoms with Crippen LogP contribution in [0.5, 0.6) is 11.5 Å². The van der Waals surface area contributed by atoms with E-state index in [1.165, 1.54) is 0 Å². The second kappa shape index (κ2) is 7.86. The minimum absolute atomic E-state index is 0.0414. The van der Waals surface area contributed by atoms with E-state index in [1.807, 2.05) is 38.1 Å². The monoisotopic (exact) mass is 327 g/mol.